The third-order valence-corrected chi connectivity index (χ3v) is 5.02. The highest BCUT2D eigenvalue weighted by atomic mass is 35.5. The van der Waals surface area contributed by atoms with Crippen LogP contribution in [0.25, 0.3) is 10.6 Å². The van der Waals surface area contributed by atoms with E-state index in [1.165, 1.54) is 4.88 Å². The Kier molecular flexibility index (Phi) is 3.56. The highest BCUT2D eigenvalue weighted by Gasteiger charge is 2.24. The maximum Gasteiger partial charge on any atom is 0.152 e. The Hall–Kier alpha value is -0.970. The number of halogens is 2. The van der Waals surface area contributed by atoms with Crippen LogP contribution in [-0.2, 0) is 6.42 Å². The van der Waals surface area contributed by atoms with Crippen molar-refractivity contribution in [1.82, 2.24) is 10.3 Å². The van der Waals surface area contributed by atoms with Crippen molar-refractivity contribution >= 4 is 22.9 Å². The molecule has 0 amide bonds. The summed E-state index contributed by atoms with van der Waals surface area (Å²) in [6, 6.07) is 5.40. The van der Waals surface area contributed by atoms with E-state index in [0.29, 0.717) is 11.6 Å². The molecule has 3 rings (SSSR count). The first kappa shape index (κ1) is 13.0. The fourth-order valence-electron chi connectivity index (χ4n) is 2.48. The van der Waals surface area contributed by atoms with Crippen LogP contribution in [0.4, 0.5) is 4.39 Å². The summed E-state index contributed by atoms with van der Waals surface area (Å²) in [5.41, 5.74) is 1.60. The fourth-order valence-corrected chi connectivity index (χ4v) is 3.93. The second-order valence-electron chi connectivity index (χ2n) is 4.66. The third kappa shape index (κ3) is 2.29. The average Bonchev–Trinajstić information content (AvgIpc) is 2.85. The number of thiazole rings is 1. The second kappa shape index (κ2) is 5.19. The van der Waals surface area contributed by atoms with Crippen LogP contribution >= 0.6 is 22.9 Å². The molecule has 1 N–H and O–H groups in total. The molecule has 100 valence electrons. The maximum absolute atomic E-state index is 14.0. The van der Waals surface area contributed by atoms with Gasteiger partial charge in [-0.15, -0.1) is 11.3 Å². The van der Waals surface area contributed by atoms with Gasteiger partial charge in [0.15, 0.2) is 5.82 Å². The SMILES string of the molecule is CNC1CCCc2nc(-c3cccc(Cl)c3F)sc21. The number of aromatic nitrogens is 1. The lowest BCUT2D eigenvalue weighted by atomic mass is 9.98. The first-order chi connectivity index (χ1) is 9.20. The van der Waals surface area contributed by atoms with E-state index >= 15 is 0 Å². The predicted molar refractivity (Wildman–Crippen MR) is 77.3 cm³/mol. The number of nitrogens with one attached hydrogen (secondary N) is 1. The lowest BCUT2D eigenvalue weighted by Crippen LogP contribution is -2.19. The lowest BCUT2D eigenvalue weighted by Gasteiger charge is -2.19. The normalized spacial score (nSPS) is 18.4. The molecule has 2 aromatic rings. The summed E-state index contributed by atoms with van der Waals surface area (Å²) in [5.74, 6) is -0.378. The standard InChI is InChI=1S/C14H14ClFN2S/c1-17-10-6-3-7-11-13(10)19-14(18-11)8-4-2-5-9(15)12(8)16/h2,4-5,10,17H,3,6-7H2,1H3. The highest BCUT2D eigenvalue weighted by molar-refractivity contribution is 7.15. The van der Waals surface area contributed by atoms with Crippen LogP contribution in [0.3, 0.4) is 0 Å². The van der Waals surface area contributed by atoms with E-state index in [1.807, 2.05) is 7.05 Å². The molecular formula is C14H14ClFN2S. The Morgan fingerprint density at radius 2 is 2.32 bits per heavy atom. The van der Waals surface area contributed by atoms with Crippen LogP contribution in [-0.4, -0.2) is 12.0 Å². The summed E-state index contributed by atoms with van der Waals surface area (Å²) >= 11 is 7.41. The molecule has 1 aromatic heterocycles. The summed E-state index contributed by atoms with van der Waals surface area (Å²) < 4.78 is 14.0. The number of nitrogens with zero attached hydrogens (tertiary/aromatic N) is 1. The summed E-state index contributed by atoms with van der Waals surface area (Å²) in [7, 11) is 1.96. The quantitative estimate of drug-likeness (QED) is 0.898. The molecule has 0 bridgehead atoms. The summed E-state index contributed by atoms with van der Waals surface area (Å²) in [6.07, 6.45) is 3.22. The minimum absolute atomic E-state index is 0.149. The number of fused-ring (bicyclic) bond motifs is 1. The van der Waals surface area contributed by atoms with Crippen molar-refractivity contribution in [3.63, 3.8) is 0 Å². The number of benzene rings is 1. The maximum atomic E-state index is 14.0. The Morgan fingerprint density at radius 1 is 1.47 bits per heavy atom. The van der Waals surface area contributed by atoms with E-state index in [1.54, 1.807) is 29.5 Å². The van der Waals surface area contributed by atoms with Crippen molar-refractivity contribution in [3.8, 4) is 10.6 Å². The Morgan fingerprint density at radius 3 is 3.11 bits per heavy atom. The van der Waals surface area contributed by atoms with Crippen LogP contribution < -0.4 is 5.32 Å². The van der Waals surface area contributed by atoms with Crippen molar-refractivity contribution in [2.45, 2.75) is 25.3 Å². The van der Waals surface area contributed by atoms with E-state index < -0.39 is 0 Å². The van der Waals surface area contributed by atoms with Gasteiger partial charge in [0, 0.05) is 16.5 Å². The topological polar surface area (TPSA) is 24.9 Å². The Balaban J connectivity index is 2.07. The van der Waals surface area contributed by atoms with Gasteiger partial charge >= 0.3 is 0 Å². The van der Waals surface area contributed by atoms with Gasteiger partial charge in [0.1, 0.15) is 5.01 Å². The van der Waals surface area contributed by atoms with Gasteiger partial charge in [-0.3, -0.25) is 0 Å². The number of hydrogen-bond acceptors (Lipinski definition) is 3. The van der Waals surface area contributed by atoms with Gasteiger partial charge in [-0.05, 0) is 38.4 Å². The zero-order chi connectivity index (χ0) is 13.4. The van der Waals surface area contributed by atoms with Crippen LogP contribution in [0.5, 0.6) is 0 Å². The summed E-state index contributed by atoms with van der Waals surface area (Å²) in [5, 5.41) is 4.18. The minimum atomic E-state index is -0.378. The summed E-state index contributed by atoms with van der Waals surface area (Å²) in [4.78, 5) is 5.84. The Labute approximate surface area is 120 Å². The van der Waals surface area contributed by atoms with Crippen molar-refractivity contribution < 1.29 is 4.39 Å². The van der Waals surface area contributed by atoms with E-state index in [4.69, 9.17) is 11.6 Å². The lowest BCUT2D eigenvalue weighted by molar-refractivity contribution is 0.501. The van der Waals surface area contributed by atoms with Gasteiger partial charge in [0.05, 0.1) is 10.7 Å². The van der Waals surface area contributed by atoms with Crippen LogP contribution in [0.15, 0.2) is 18.2 Å². The smallest absolute Gasteiger partial charge is 0.152 e. The van der Waals surface area contributed by atoms with E-state index in [0.717, 1.165) is 30.0 Å². The molecule has 1 heterocycles. The van der Waals surface area contributed by atoms with Crippen molar-refractivity contribution in [1.29, 1.82) is 0 Å². The van der Waals surface area contributed by atoms with Crippen molar-refractivity contribution in [3.05, 3.63) is 39.6 Å². The molecular weight excluding hydrogens is 283 g/mol. The van der Waals surface area contributed by atoms with E-state index in [-0.39, 0.29) is 10.8 Å². The number of rotatable bonds is 2. The fraction of sp³-hybridized carbons (Fsp3) is 0.357. The van der Waals surface area contributed by atoms with Crippen LogP contribution in [0, 0.1) is 5.82 Å². The van der Waals surface area contributed by atoms with Gasteiger partial charge in [-0.1, -0.05) is 17.7 Å². The molecule has 0 fully saturated rings. The zero-order valence-electron chi connectivity index (χ0n) is 10.5. The molecule has 1 unspecified atom stereocenters. The monoisotopic (exact) mass is 296 g/mol. The molecule has 2 nitrogen and oxygen atoms in total. The van der Waals surface area contributed by atoms with Crippen LogP contribution in [0.2, 0.25) is 5.02 Å². The first-order valence-electron chi connectivity index (χ1n) is 6.32. The summed E-state index contributed by atoms with van der Waals surface area (Å²) in [6.45, 7) is 0. The minimum Gasteiger partial charge on any atom is -0.312 e. The zero-order valence-corrected chi connectivity index (χ0v) is 12.1. The molecule has 1 aromatic carbocycles. The van der Waals surface area contributed by atoms with Gasteiger partial charge in [-0.2, -0.15) is 0 Å². The van der Waals surface area contributed by atoms with Crippen molar-refractivity contribution in [2.24, 2.45) is 0 Å². The second-order valence-corrected chi connectivity index (χ2v) is 6.10. The third-order valence-electron chi connectivity index (χ3n) is 3.48. The van der Waals surface area contributed by atoms with Gasteiger partial charge in [0.2, 0.25) is 0 Å². The average molecular weight is 297 g/mol. The molecule has 0 spiro atoms. The molecule has 0 radical (unpaired) electrons. The van der Waals surface area contributed by atoms with Crippen molar-refractivity contribution in [2.75, 3.05) is 7.05 Å². The molecule has 0 saturated carbocycles. The molecule has 1 aliphatic carbocycles. The van der Waals surface area contributed by atoms with Gasteiger partial charge in [0.25, 0.3) is 0 Å². The van der Waals surface area contributed by atoms with Gasteiger partial charge in [-0.25, -0.2) is 9.37 Å². The first-order valence-corrected chi connectivity index (χ1v) is 7.51. The van der Waals surface area contributed by atoms with Crippen LogP contribution in [0.1, 0.15) is 29.5 Å². The number of aryl methyl sites for hydroxylation is 1. The predicted octanol–water partition coefficient (Wildman–Crippen LogP) is 4.20. The number of hydrogen-bond donors (Lipinski definition) is 1. The molecule has 0 aliphatic heterocycles. The Bertz CT molecular complexity index is 611. The molecule has 1 atom stereocenters. The molecule has 1 aliphatic rings. The molecule has 5 heteroatoms. The largest absolute Gasteiger partial charge is 0.312 e. The molecule has 19 heavy (non-hydrogen) atoms. The highest BCUT2D eigenvalue weighted by Crippen LogP contribution is 2.39. The van der Waals surface area contributed by atoms with Gasteiger partial charge < -0.3 is 5.32 Å². The van der Waals surface area contributed by atoms with E-state index in [9.17, 15) is 4.39 Å². The van der Waals surface area contributed by atoms with E-state index in [2.05, 4.69) is 10.3 Å². The molecule has 0 saturated heterocycles.